The van der Waals surface area contributed by atoms with Gasteiger partial charge in [0.05, 0.1) is 0 Å². The zero-order valence-corrected chi connectivity index (χ0v) is 21.6. The number of hydrogen-bond donors (Lipinski definition) is 5. The van der Waals surface area contributed by atoms with Gasteiger partial charge in [-0.3, -0.25) is 19.3 Å². The first kappa shape index (κ1) is 26.7. The molecule has 1 aromatic heterocycles. The van der Waals surface area contributed by atoms with Gasteiger partial charge in [-0.05, 0) is 30.2 Å². The number of benzene rings is 1. The van der Waals surface area contributed by atoms with Crippen molar-refractivity contribution in [2.75, 3.05) is 18.6 Å². The van der Waals surface area contributed by atoms with Gasteiger partial charge in [0.1, 0.15) is 16.1 Å². The number of β-lactam (4-membered cyclic amide) rings is 1. The molecule has 2 amide bonds. The van der Waals surface area contributed by atoms with Crippen LogP contribution in [0.1, 0.15) is 16.5 Å². The van der Waals surface area contributed by atoms with Crippen molar-refractivity contribution < 1.29 is 44.3 Å². The summed E-state index contributed by atoms with van der Waals surface area (Å²) >= 11 is 3.80. The molecule has 5 N–H and O–H groups in total. The first-order chi connectivity index (χ1) is 17.5. The second-order valence-electron chi connectivity index (χ2n) is 7.92. The number of aliphatic carboxylic acids is 2. The highest BCUT2D eigenvalue weighted by Gasteiger charge is 2.67. The molecular formula is C21H20N4O9S3. The van der Waals surface area contributed by atoms with E-state index in [2.05, 4.69) is 15.5 Å². The van der Waals surface area contributed by atoms with Gasteiger partial charge in [-0.25, -0.2) is 4.79 Å². The number of carboxylic acids is 2. The number of rotatable bonds is 9. The number of methoxy groups -OCH3 is 1. The Bertz CT molecular complexity index is 1330. The van der Waals surface area contributed by atoms with Crippen LogP contribution < -0.4 is 5.32 Å². The number of thioether (sulfide) groups is 2. The van der Waals surface area contributed by atoms with Gasteiger partial charge < -0.3 is 30.5 Å². The van der Waals surface area contributed by atoms with Crippen molar-refractivity contribution in [2.45, 2.75) is 28.3 Å². The standard InChI is InChI=1S/C21H20N4O9S3/c1-8-23-24-20(37-8)36-7-10-6-35-19-21(34-2,18(33)25(19)14(10)17(31)32)22-15(28)13(16(29)30)9-3-4-11(26)12(27)5-9/h3-5,13,19,26-27H,6-7H2,1-2H3,(H,22,28)(H,29,30)(H,31,32)/t13?,19-,21+/m1/s1. The lowest BCUT2D eigenvalue weighted by molar-refractivity contribution is -0.193. The number of aryl methyl sites for hydroxylation is 1. The number of aromatic nitrogens is 2. The van der Waals surface area contributed by atoms with Gasteiger partial charge in [0.2, 0.25) is 5.91 Å². The minimum Gasteiger partial charge on any atom is -0.504 e. The van der Waals surface area contributed by atoms with Crippen LogP contribution in [-0.2, 0) is 23.9 Å². The van der Waals surface area contributed by atoms with Crippen LogP contribution in [0.2, 0.25) is 0 Å². The fourth-order valence-electron chi connectivity index (χ4n) is 3.92. The molecule has 4 rings (SSSR count). The Kier molecular flexibility index (Phi) is 7.36. The zero-order chi connectivity index (χ0) is 27.1. The highest BCUT2D eigenvalue weighted by molar-refractivity contribution is 8.01. The lowest BCUT2D eigenvalue weighted by Crippen LogP contribution is -2.81. The number of fused-ring (bicyclic) bond motifs is 1. The Morgan fingerprint density at radius 3 is 2.57 bits per heavy atom. The predicted octanol–water partition coefficient (Wildman–Crippen LogP) is 0.931. The molecule has 37 heavy (non-hydrogen) atoms. The van der Waals surface area contributed by atoms with E-state index in [9.17, 15) is 39.6 Å². The third-order valence-corrected chi connectivity index (χ3v) is 9.09. The van der Waals surface area contributed by atoms with E-state index in [-0.39, 0.29) is 22.8 Å². The zero-order valence-electron chi connectivity index (χ0n) is 19.2. The van der Waals surface area contributed by atoms with Crippen molar-refractivity contribution in [1.82, 2.24) is 20.4 Å². The van der Waals surface area contributed by atoms with E-state index < -0.39 is 52.3 Å². The average molecular weight is 569 g/mol. The van der Waals surface area contributed by atoms with E-state index in [1.165, 1.54) is 23.1 Å². The monoisotopic (exact) mass is 568 g/mol. The normalized spacial score (nSPS) is 21.7. The first-order valence-corrected chi connectivity index (χ1v) is 13.3. The van der Waals surface area contributed by atoms with E-state index in [0.717, 1.165) is 47.0 Å². The van der Waals surface area contributed by atoms with Crippen LogP contribution in [0.3, 0.4) is 0 Å². The lowest BCUT2D eigenvalue weighted by atomic mass is 9.94. The number of nitrogens with one attached hydrogen (secondary N) is 1. The number of carbonyl (C=O) groups excluding carboxylic acids is 2. The van der Waals surface area contributed by atoms with Crippen molar-refractivity contribution in [2.24, 2.45) is 0 Å². The fraction of sp³-hybridized carbons (Fsp3) is 0.333. The topological polar surface area (TPSA) is 199 Å². The molecule has 0 spiro atoms. The molecule has 3 heterocycles. The Morgan fingerprint density at radius 2 is 2.00 bits per heavy atom. The average Bonchev–Trinajstić information content (AvgIpc) is 3.27. The molecule has 2 aliphatic rings. The van der Waals surface area contributed by atoms with E-state index in [4.69, 9.17) is 4.74 Å². The van der Waals surface area contributed by atoms with Gasteiger partial charge in [-0.15, -0.1) is 22.0 Å². The number of hydrogen-bond acceptors (Lipinski definition) is 12. The van der Waals surface area contributed by atoms with E-state index >= 15 is 0 Å². The lowest BCUT2D eigenvalue weighted by Gasteiger charge is -2.56. The number of phenolic OH excluding ortho intramolecular Hbond substituents is 2. The molecule has 1 aromatic carbocycles. The summed E-state index contributed by atoms with van der Waals surface area (Å²) in [6, 6.07) is 3.09. The number of carbonyl (C=O) groups is 4. The van der Waals surface area contributed by atoms with Crippen molar-refractivity contribution in [3.05, 3.63) is 40.0 Å². The molecule has 196 valence electrons. The molecule has 0 radical (unpaired) electrons. The molecule has 0 saturated carbocycles. The smallest absolute Gasteiger partial charge is 0.352 e. The molecule has 0 bridgehead atoms. The van der Waals surface area contributed by atoms with Crippen molar-refractivity contribution in [1.29, 1.82) is 0 Å². The van der Waals surface area contributed by atoms with Gasteiger partial charge in [0.15, 0.2) is 21.8 Å². The van der Waals surface area contributed by atoms with E-state index in [1.54, 1.807) is 6.92 Å². The van der Waals surface area contributed by atoms with E-state index in [0.29, 0.717) is 9.91 Å². The van der Waals surface area contributed by atoms with Crippen LogP contribution >= 0.6 is 34.9 Å². The third kappa shape index (κ3) is 4.72. The molecule has 1 fully saturated rings. The van der Waals surface area contributed by atoms with Crippen LogP contribution in [0.25, 0.3) is 0 Å². The number of aromatic hydroxyl groups is 2. The van der Waals surface area contributed by atoms with Crippen LogP contribution in [0.5, 0.6) is 11.5 Å². The summed E-state index contributed by atoms with van der Waals surface area (Å²) in [6.07, 6.45) is 0. The van der Waals surface area contributed by atoms with Gasteiger partial charge >= 0.3 is 11.9 Å². The number of ether oxygens (including phenoxy) is 1. The van der Waals surface area contributed by atoms with Gasteiger partial charge in [-0.1, -0.05) is 29.2 Å². The SMILES string of the molecule is CO[C@@]1(NC(=O)C(C(=O)O)c2ccc(O)c(O)c2)C(=O)N2C(C(=O)O)=C(CSc3nnc(C)s3)CS[C@@H]21. The highest BCUT2D eigenvalue weighted by Crippen LogP contribution is 2.47. The van der Waals surface area contributed by atoms with Crippen molar-refractivity contribution in [3.8, 4) is 11.5 Å². The van der Waals surface area contributed by atoms with Crippen LogP contribution in [0.4, 0.5) is 0 Å². The van der Waals surface area contributed by atoms with Crippen LogP contribution in [-0.4, -0.2) is 89.0 Å². The first-order valence-electron chi connectivity index (χ1n) is 10.5. The maximum absolute atomic E-state index is 13.3. The second kappa shape index (κ2) is 10.2. The molecule has 16 heteroatoms. The Morgan fingerprint density at radius 1 is 1.27 bits per heavy atom. The summed E-state index contributed by atoms with van der Waals surface area (Å²) in [4.78, 5) is 51.4. The third-order valence-electron chi connectivity index (χ3n) is 5.66. The maximum Gasteiger partial charge on any atom is 0.352 e. The largest absolute Gasteiger partial charge is 0.504 e. The quantitative estimate of drug-likeness (QED) is 0.0941. The van der Waals surface area contributed by atoms with E-state index in [1.807, 2.05) is 0 Å². The number of carboxylic acid groups (broad SMARTS) is 2. The highest BCUT2D eigenvalue weighted by atomic mass is 32.2. The minimum atomic E-state index is -2.01. The summed E-state index contributed by atoms with van der Waals surface area (Å²) in [5, 5.41) is 48.8. The second-order valence-corrected chi connectivity index (χ2v) is 11.4. The van der Waals surface area contributed by atoms with Crippen LogP contribution in [0, 0.1) is 6.92 Å². The van der Waals surface area contributed by atoms with Gasteiger partial charge in [-0.2, -0.15) is 0 Å². The number of phenols is 2. The molecule has 13 nitrogen and oxygen atoms in total. The summed E-state index contributed by atoms with van der Waals surface area (Å²) in [5.74, 6) is -7.44. The maximum atomic E-state index is 13.3. The summed E-state index contributed by atoms with van der Waals surface area (Å²) in [7, 11) is 1.14. The molecule has 0 aliphatic carbocycles. The fourth-order valence-corrected chi connectivity index (χ4v) is 7.31. The Balaban J connectivity index is 1.59. The van der Waals surface area contributed by atoms with Crippen LogP contribution in [0.15, 0.2) is 33.8 Å². The van der Waals surface area contributed by atoms with Gasteiger partial charge in [0, 0.05) is 18.6 Å². The molecular weight excluding hydrogens is 548 g/mol. The summed E-state index contributed by atoms with van der Waals surface area (Å²) < 4.78 is 6.01. The minimum absolute atomic E-state index is 0.149. The Hall–Kier alpha value is -3.34. The summed E-state index contributed by atoms with van der Waals surface area (Å²) in [6.45, 7) is 1.79. The molecule has 1 saturated heterocycles. The Labute approximate surface area is 221 Å². The molecule has 2 aliphatic heterocycles. The summed E-state index contributed by atoms with van der Waals surface area (Å²) in [5.41, 5.74) is -1.92. The molecule has 1 unspecified atom stereocenters. The van der Waals surface area contributed by atoms with Crippen molar-refractivity contribution in [3.63, 3.8) is 0 Å². The molecule has 2 aromatic rings. The van der Waals surface area contributed by atoms with Crippen molar-refractivity contribution >= 4 is 58.6 Å². The number of nitrogens with zero attached hydrogens (tertiary/aromatic N) is 3. The predicted molar refractivity (Wildman–Crippen MR) is 131 cm³/mol. The van der Waals surface area contributed by atoms with Gasteiger partial charge in [0.25, 0.3) is 11.6 Å². The number of amides is 2. The molecule has 3 atom stereocenters.